The zero-order valence-corrected chi connectivity index (χ0v) is 16.1. The number of oxazole rings is 1. The predicted octanol–water partition coefficient (Wildman–Crippen LogP) is 4.61. The van der Waals surface area contributed by atoms with Crippen molar-refractivity contribution in [3.05, 3.63) is 83.6 Å². The molecule has 3 heterocycles. The molecule has 31 heavy (non-hydrogen) atoms. The number of hydrogen-bond donors (Lipinski definition) is 0. The third kappa shape index (κ3) is 4.32. The summed E-state index contributed by atoms with van der Waals surface area (Å²) < 4.78 is 50.0. The van der Waals surface area contributed by atoms with Crippen LogP contribution in [0.4, 0.5) is 13.2 Å². The second kappa shape index (κ2) is 8.05. The molecule has 1 aromatic carbocycles. The van der Waals surface area contributed by atoms with Gasteiger partial charge in [0.05, 0.1) is 17.5 Å². The van der Waals surface area contributed by atoms with Crippen molar-refractivity contribution < 1.29 is 27.1 Å². The molecular formula is C21H15F3N4O3. The lowest BCUT2D eigenvalue weighted by Gasteiger charge is -2.08. The van der Waals surface area contributed by atoms with E-state index in [9.17, 15) is 18.0 Å². The van der Waals surface area contributed by atoms with Crippen LogP contribution in [0.15, 0.2) is 65.5 Å². The first-order chi connectivity index (χ1) is 14.8. The number of esters is 1. The Kier molecular flexibility index (Phi) is 5.28. The third-order valence-corrected chi connectivity index (χ3v) is 4.45. The first-order valence-corrected chi connectivity index (χ1v) is 9.08. The summed E-state index contributed by atoms with van der Waals surface area (Å²) in [5.74, 6) is -0.0995. The average molecular weight is 428 g/mol. The molecule has 10 heteroatoms. The normalized spacial score (nSPS) is 11.5. The van der Waals surface area contributed by atoms with Gasteiger partial charge in [-0.25, -0.2) is 19.4 Å². The van der Waals surface area contributed by atoms with Crippen LogP contribution < -0.4 is 0 Å². The number of benzene rings is 1. The maximum absolute atomic E-state index is 12.7. The van der Waals surface area contributed by atoms with E-state index in [1.165, 1.54) is 23.2 Å². The molecule has 158 valence electrons. The Morgan fingerprint density at radius 3 is 2.58 bits per heavy atom. The second-order valence-corrected chi connectivity index (χ2v) is 6.54. The zero-order chi connectivity index (χ0) is 22.0. The lowest BCUT2D eigenvalue weighted by molar-refractivity contribution is -0.137. The molecule has 0 N–H and O–H groups in total. The van der Waals surface area contributed by atoms with Crippen molar-refractivity contribution in [1.29, 1.82) is 0 Å². The Morgan fingerprint density at radius 1 is 1.13 bits per heavy atom. The van der Waals surface area contributed by atoms with E-state index >= 15 is 0 Å². The van der Waals surface area contributed by atoms with Gasteiger partial charge < -0.3 is 9.15 Å². The molecule has 4 rings (SSSR count). The van der Waals surface area contributed by atoms with Gasteiger partial charge in [-0.3, -0.25) is 0 Å². The molecule has 0 bridgehead atoms. The number of alkyl halides is 3. The van der Waals surface area contributed by atoms with E-state index in [1.807, 2.05) is 30.3 Å². The Morgan fingerprint density at radius 2 is 1.90 bits per heavy atom. The molecule has 3 aromatic heterocycles. The minimum absolute atomic E-state index is 0.113. The molecule has 0 aliphatic rings. The summed E-state index contributed by atoms with van der Waals surface area (Å²) in [6.45, 7) is 1.48. The van der Waals surface area contributed by atoms with E-state index < -0.39 is 17.7 Å². The summed E-state index contributed by atoms with van der Waals surface area (Å²) >= 11 is 0. The van der Waals surface area contributed by atoms with E-state index in [2.05, 4.69) is 15.1 Å². The lowest BCUT2D eigenvalue weighted by atomic mass is 10.2. The number of carbonyl (C=O) groups is 1. The lowest BCUT2D eigenvalue weighted by Crippen LogP contribution is -2.09. The number of halogens is 3. The van der Waals surface area contributed by atoms with Crippen molar-refractivity contribution in [3.63, 3.8) is 0 Å². The minimum Gasteiger partial charge on any atom is -0.455 e. The van der Waals surface area contributed by atoms with Gasteiger partial charge in [-0.05, 0) is 31.2 Å². The topological polar surface area (TPSA) is 83.0 Å². The molecule has 7 nitrogen and oxygen atoms in total. The molecule has 0 amide bonds. The van der Waals surface area contributed by atoms with Gasteiger partial charge in [0.25, 0.3) is 0 Å². The van der Waals surface area contributed by atoms with Crippen LogP contribution in [0.25, 0.3) is 17.3 Å². The van der Waals surface area contributed by atoms with Gasteiger partial charge in [0.15, 0.2) is 5.82 Å². The number of nitrogens with zero attached hydrogens (tertiary/aromatic N) is 4. The highest BCUT2D eigenvalue weighted by Gasteiger charge is 2.31. The summed E-state index contributed by atoms with van der Waals surface area (Å²) in [4.78, 5) is 20.5. The second-order valence-electron chi connectivity index (χ2n) is 6.54. The Bertz CT molecular complexity index is 1200. The minimum atomic E-state index is -4.48. The summed E-state index contributed by atoms with van der Waals surface area (Å²) in [5, 5.41) is 4.04. The van der Waals surface area contributed by atoms with E-state index in [0.717, 1.165) is 11.6 Å². The Labute approximate surface area is 174 Å². The van der Waals surface area contributed by atoms with Crippen molar-refractivity contribution in [2.45, 2.75) is 19.7 Å². The fourth-order valence-corrected chi connectivity index (χ4v) is 2.82. The summed E-state index contributed by atoms with van der Waals surface area (Å²) in [5.41, 5.74) is 0.891. The number of aromatic nitrogens is 4. The van der Waals surface area contributed by atoms with Crippen molar-refractivity contribution in [1.82, 2.24) is 19.7 Å². The largest absolute Gasteiger partial charge is 0.455 e. The van der Waals surface area contributed by atoms with Crippen LogP contribution in [0.5, 0.6) is 0 Å². The smallest absolute Gasteiger partial charge is 0.417 e. The SMILES string of the molecule is Cc1c(C(=O)OCc2coc(-c3ccccc3)n2)cnn1-c1ccc(C(F)(F)F)cn1. The molecule has 0 saturated heterocycles. The number of ether oxygens (including phenoxy) is 1. The van der Waals surface area contributed by atoms with Gasteiger partial charge in [0.2, 0.25) is 5.89 Å². The molecule has 0 fully saturated rings. The molecule has 4 aromatic rings. The number of rotatable bonds is 5. The van der Waals surface area contributed by atoms with Crippen molar-refractivity contribution in [3.8, 4) is 17.3 Å². The van der Waals surface area contributed by atoms with Gasteiger partial charge in [0.1, 0.15) is 24.1 Å². The Balaban J connectivity index is 1.44. The Hall–Kier alpha value is -3.95. The van der Waals surface area contributed by atoms with Gasteiger partial charge >= 0.3 is 12.1 Å². The zero-order valence-electron chi connectivity index (χ0n) is 16.1. The number of pyridine rings is 1. The molecule has 0 spiro atoms. The fraction of sp³-hybridized carbons (Fsp3) is 0.143. The maximum atomic E-state index is 12.7. The molecular weight excluding hydrogens is 413 g/mol. The van der Waals surface area contributed by atoms with Crippen molar-refractivity contribution in [2.24, 2.45) is 0 Å². The van der Waals surface area contributed by atoms with Crippen LogP contribution in [0.3, 0.4) is 0 Å². The molecule has 0 saturated carbocycles. The highest BCUT2D eigenvalue weighted by atomic mass is 19.4. The van der Waals surface area contributed by atoms with Gasteiger partial charge in [-0.15, -0.1) is 0 Å². The third-order valence-electron chi connectivity index (χ3n) is 4.45. The molecule has 0 radical (unpaired) electrons. The molecule has 0 atom stereocenters. The van der Waals surface area contributed by atoms with Crippen LogP contribution in [0.2, 0.25) is 0 Å². The quantitative estimate of drug-likeness (QED) is 0.432. The first kappa shape index (κ1) is 20.3. The van der Waals surface area contributed by atoms with Crippen LogP contribution in [0.1, 0.15) is 27.3 Å². The standard InChI is InChI=1S/C21H15F3N4O3/c1-13-17(10-26-28(13)18-8-7-15(9-25-18)21(22,23)24)20(29)31-12-16-11-30-19(27-16)14-5-3-2-4-6-14/h2-11H,12H2,1H3. The molecule has 0 aliphatic carbocycles. The van der Waals surface area contributed by atoms with Crippen LogP contribution >= 0.6 is 0 Å². The van der Waals surface area contributed by atoms with Crippen LogP contribution in [-0.2, 0) is 17.5 Å². The van der Waals surface area contributed by atoms with Gasteiger partial charge in [-0.2, -0.15) is 18.3 Å². The van der Waals surface area contributed by atoms with E-state index in [-0.39, 0.29) is 18.0 Å². The fourth-order valence-electron chi connectivity index (χ4n) is 2.82. The van der Waals surface area contributed by atoms with E-state index in [4.69, 9.17) is 9.15 Å². The molecule has 0 aliphatic heterocycles. The number of carbonyl (C=O) groups excluding carboxylic acids is 1. The maximum Gasteiger partial charge on any atom is 0.417 e. The average Bonchev–Trinajstić information content (AvgIpc) is 3.39. The highest BCUT2D eigenvalue weighted by Crippen LogP contribution is 2.29. The van der Waals surface area contributed by atoms with Crippen LogP contribution in [0, 0.1) is 6.92 Å². The van der Waals surface area contributed by atoms with Crippen molar-refractivity contribution >= 4 is 5.97 Å². The highest BCUT2D eigenvalue weighted by molar-refractivity contribution is 5.90. The summed E-state index contributed by atoms with van der Waals surface area (Å²) in [7, 11) is 0. The predicted molar refractivity (Wildman–Crippen MR) is 102 cm³/mol. The van der Waals surface area contributed by atoms with Crippen molar-refractivity contribution in [2.75, 3.05) is 0 Å². The summed E-state index contributed by atoms with van der Waals surface area (Å²) in [6.07, 6.45) is -1.10. The first-order valence-electron chi connectivity index (χ1n) is 9.08. The van der Waals surface area contributed by atoms with E-state index in [0.29, 0.717) is 23.5 Å². The van der Waals surface area contributed by atoms with E-state index in [1.54, 1.807) is 6.92 Å². The summed E-state index contributed by atoms with van der Waals surface area (Å²) in [6, 6.07) is 11.3. The van der Waals surface area contributed by atoms with Gasteiger partial charge in [-0.1, -0.05) is 18.2 Å². The van der Waals surface area contributed by atoms with Crippen LogP contribution in [-0.4, -0.2) is 25.7 Å². The monoisotopic (exact) mass is 428 g/mol. The number of hydrogen-bond acceptors (Lipinski definition) is 6. The van der Waals surface area contributed by atoms with Gasteiger partial charge in [0, 0.05) is 11.8 Å². The molecule has 0 unspecified atom stereocenters.